The molecule has 1 N–H and O–H groups in total. The minimum atomic E-state index is 0.440. The van der Waals surface area contributed by atoms with Gasteiger partial charge >= 0.3 is 0 Å². The molecule has 4 heteroatoms. The molecular weight excluding hydrogens is 212 g/mol. The Kier molecular flexibility index (Phi) is 3.80. The van der Waals surface area contributed by atoms with Crippen LogP contribution < -0.4 is 5.32 Å². The molecule has 0 amide bonds. The van der Waals surface area contributed by atoms with Crippen LogP contribution in [0.2, 0.25) is 5.15 Å². The second-order valence-electron chi connectivity index (χ2n) is 3.72. The van der Waals surface area contributed by atoms with Crippen molar-refractivity contribution in [2.45, 2.75) is 25.4 Å². The first kappa shape index (κ1) is 10.7. The second-order valence-corrected chi connectivity index (χ2v) is 4.10. The van der Waals surface area contributed by atoms with Crippen molar-refractivity contribution in [3.8, 4) is 0 Å². The maximum atomic E-state index is 5.78. The number of aromatic nitrogens is 1. The Morgan fingerprint density at radius 1 is 1.60 bits per heavy atom. The molecule has 0 spiro atoms. The van der Waals surface area contributed by atoms with Crippen LogP contribution in [0.4, 0.5) is 5.69 Å². The van der Waals surface area contributed by atoms with Gasteiger partial charge in [-0.15, -0.1) is 0 Å². The topological polar surface area (TPSA) is 34.1 Å². The summed E-state index contributed by atoms with van der Waals surface area (Å²) >= 11 is 5.78. The molecule has 0 bridgehead atoms. The molecule has 1 fully saturated rings. The lowest BCUT2D eigenvalue weighted by Gasteiger charge is -2.10. The third-order valence-corrected chi connectivity index (χ3v) is 2.75. The van der Waals surface area contributed by atoms with Crippen molar-refractivity contribution in [3.05, 3.63) is 23.5 Å². The molecule has 15 heavy (non-hydrogen) atoms. The quantitative estimate of drug-likeness (QED) is 0.802. The molecule has 3 nitrogen and oxygen atoms in total. The van der Waals surface area contributed by atoms with Gasteiger partial charge in [0.1, 0.15) is 5.15 Å². The molecule has 1 aromatic rings. The van der Waals surface area contributed by atoms with E-state index in [4.69, 9.17) is 16.3 Å². The highest BCUT2D eigenvalue weighted by Crippen LogP contribution is 2.16. The third kappa shape index (κ3) is 3.36. The fourth-order valence-corrected chi connectivity index (χ4v) is 1.94. The zero-order valence-electron chi connectivity index (χ0n) is 8.58. The van der Waals surface area contributed by atoms with Gasteiger partial charge in [0.25, 0.3) is 0 Å². The van der Waals surface area contributed by atoms with E-state index >= 15 is 0 Å². The van der Waals surface area contributed by atoms with Gasteiger partial charge in [-0.2, -0.15) is 0 Å². The van der Waals surface area contributed by atoms with Crippen LogP contribution in [0.15, 0.2) is 18.3 Å². The summed E-state index contributed by atoms with van der Waals surface area (Å²) in [4.78, 5) is 3.93. The number of anilines is 1. The van der Waals surface area contributed by atoms with E-state index in [1.54, 1.807) is 6.20 Å². The molecule has 1 atom stereocenters. The van der Waals surface area contributed by atoms with Crippen molar-refractivity contribution in [2.75, 3.05) is 18.5 Å². The van der Waals surface area contributed by atoms with E-state index < -0.39 is 0 Å². The molecule has 1 aliphatic rings. The van der Waals surface area contributed by atoms with Crippen LogP contribution in [-0.2, 0) is 4.74 Å². The number of halogens is 1. The molecule has 1 aliphatic heterocycles. The minimum absolute atomic E-state index is 0.440. The first-order chi connectivity index (χ1) is 7.34. The van der Waals surface area contributed by atoms with E-state index in [1.807, 2.05) is 12.1 Å². The van der Waals surface area contributed by atoms with Gasteiger partial charge in [-0.1, -0.05) is 11.6 Å². The number of nitrogens with one attached hydrogen (secondary N) is 1. The Labute approximate surface area is 94.8 Å². The van der Waals surface area contributed by atoms with Crippen molar-refractivity contribution in [3.63, 3.8) is 0 Å². The zero-order chi connectivity index (χ0) is 10.5. The van der Waals surface area contributed by atoms with E-state index in [9.17, 15) is 0 Å². The Balaban J connectivity index is 1.73. The molecule has 0 aliphatic carbocycles. The average Bonchev–Trinajstić information content (AvgIpc) is 2.71. The first-order valence-electron chi connectivity index (χ1n) is 5.31. The van der Waals surface area contributed by atoms with Gasteiger partial charge in [0, 0.05) is 25.0 Å². The van der Waals surface area contributed by atoms with Crippen LogP contribution in [-0.4, -0.2) is 24.2 Å². The predicted octanol–water partition coefficient (Wildman–Crippen LogP) is 2.72. The highest BCUT2D eigenvalue weighted by Gasteiger charge is 2.14. The smallest absolute Gasteiger partial charge is 0.131 e. The van der Waals surface area contributed by atoms with E-state index in [-0.39, 0.29) is 0 Å². The summed E-state index contributed by atoms with van der Waals surface area (Å²) in [6.07, 6.45) is 5.59. The summed E-state index contributed by atoms with van der Waals surface area (Å²) in [6.45, 7) is 1.84. The number of nitrogens with zero attached hydrogens (tertiary/aromatic N) is 1. The number of ether oxygens (including phenoxy) is 1. The Morgan fingerprint density at radius 2 is 2.53 bits per heavy atom. The summed E-state index contributed by atoms with van der Waals surface area (Å²) in [5.41, 5.74) is 1.02. The number of hydrogen-bond acceptors (Lipinski definition) is 3. The van der Waals surface area contributed by atoms with Gasteiger partial charge in [-0.3, -0.25) is 0 Å². The van der Waals surface area contributed by atoms with Crippen molar-refractivity contribution >= 4 is 17.3 Å². The molecule has 1 unspecified atom stereocenters. The van der Waals surface area contributed by atoms with Crippen LogP contribution in [0, 0.1) is 0 Å². The van der Waals surface area contributed by atoms with Gasteiger partial charge in [0.2, 0.25) is 0 Å². The summed E-state index contributed by atoms with van der Waals surface area (Å²) < 4.78 is 5.54. The normalized spacial score (nSPS) is 20.5. The van der Waals surface area contributed by atoms with Crippen LogP contribution in [0.5, 0.6) is 0 Å². The summed E-state index contributed by atoms with van der Waals surface area (Å²) in [7, 11) is 0. The van der Waals surface area contributed by atoms with Crippen LogP contribution >= 0.6 is 11.6 Å². The van der Waals surface area contributed by atoms with E-state index in [1.165, 1.54) is 12.8 Å². The maximum Gasteiger partial charge on any atom is 0.131 e. The van der Waals surface area contributed by atoms with Crippen LogP contribution in [0.3, 0.4) is 0 Å². The highest BCUT2D eigenvalue weighted by molar-refractivity contribution is 6.29. The van der Waals surface area contributed by atoms with E-state index in [2.05, 4.69) is 10.3 Å². The SMILES string of the molecule is Clc1cc(NCCC2CCCO2)ccn1. The Hall–Kier alpha value is -0.800. The molecule has 0 radical (unpaired) electrons. The average molecular weight is 227 g/mol. The van der Waals surface area contributed by atoms with Crippen molar-refractivity contribution in [1.82, 2.24) is 4.98 Å². The van der Waals surface area contributed by atoms with Crippen LogP contribution in [0.25, 0.3) is 0 Å². The fourth-order valence-electron chi connectivity index (χ4n) is 1.76. The molecule has 82 valence electrons. The molecule has 2 heterocycles. The van der Waals surface area contributed by atoms with E-state index in [0.29, 0.717) is 11.3 Å². The third-order valence-electron chi connectivity index (χ3n) is 2.55. The zero-order valence-corrected chi connectivity index (χ0v) is 9.33. The molecule has 0 aromatic carbocycles. The second kappa shape index (κ2) is 5.33. The summed E-state index contributed by atoms with van der Waals surface area (Å²) in [5.74, 6) is 0. The number of hydrogen-bond donors (Lipinski definition) is 1. The van der Waals surface area contributed by atoms with Gasteiger partial charge in [0.15, 0.2) is 0 Å². The Morgan fingerprint density at radius 3 is 3.27 bits per heavy atom. The standard InChI is InChI=1S/C11H15ClN2O/c12-11-8-9(3-5-14-11)13-6-4-10-2-1-7-15-10/h3,5,8,10H,1-2,4,6-7H2,(H,13,14). The summed E-state index contributed by atoms with van der Waals surface area (Å²) in [5, 5.41) is 3.83. The van der Waals surface area contributed by atoms with Crippen molar-refractivity contribution in [1.29, 1.82) is 0 Å². The fraction of sp³-hybridized carbons (Fsp3) is 0.545. The largest absolute Gasteiger partial charge is 0.385 e. The predicted molar refractivity (Wildman–Crippen MR) is 61.3 cm³/mol. The van der Waals surface area contributed by atoms with E-state index in [0.717, 1.165) is 25.3 Å². The molecule has 1 aromatic heterocycles. The minimum Gasteiger partial charge on any atom is -0.385 e. The van der Waals surface area contributed by atoms with Gasteiger partial charge in [0.05, 0.1) is 6.10 Å². The molecule has 0 saturated carbocycles. The maximum absolute atomic E-state index is 5.78. The molecule has 1 saturated heterocycles. The number of rotatable bonds is 4. The van der Waals surface area contributed by atoms with Crippen molar-refractivity contribution in [2.24, 2.45) is 0 Å². The van der Waals surface area contributed by atoms with Gasteiger partial charge in [-0.25, -0.2) is 4.98 Å². The monoisotopic (exact) mass is 226 g/mol. The van der Waals surface area contributed by atoms with Gasteiger partial charge < -0.3 is 10.1 Å². The molecule has 2 rings (SSSR count). The van der Waals surface area contributed by atoms with Crippen LogP contribution in [0.1, 0.15) is 19.3 Å². The van der Waals surface area contributed by atoms with Crippen molar-refractivity contribution < 1.29 is 4.74 Å². The first-order valence-corrected chi connectivity index (χ1v) is 5.69. The number of pyridine rings is 1. The van der Waals surface area contributed by atoms with Gasteiger partial charge in [-0.05, 0) is 31.4 Å². The lowest BCUT2D eigenvalue weighted by atomic mass is 10.2. The lowest BCUT2D eigenvalue weighted by molar-refractivity contribution is 0.107. The molecular formula is C11H15ClN2O. The summed E-state index contributed by atoms with van der Waals surface area (Å²) in [6, 6.07) is 3.75. The highest BCUT2D eigenvalue weighted by atomic mass is 35.5. The lowest BCUT2D eigenvalue weighted by Crippen LogP contribution is -2.12. The Bertz CT molecular complexity index is 313.